The minimum absolute atomic E-state index is 0.0202. The van der Waals surface area contributed by atoms with E-state index in [1.165, 1.54) is 5.56 Å². The van der Waals surface area contributed by atoms with Gasteiger partial charge in [-0.15, -0.1) is 0 Å². The first-order valence-electron chi connectivity index (χ1n) is 11.1. The van der Waals surface area contributed by atoms with Crippen molar-refractivity contribution in [2.24, 2.45) is 5.92 Å². The largest absolute Gasteiger partial charge is 0.395 e. The van der Waals surface area contributed by atoms with Gasteiger partial charge in [0.25, 0.3) is 0 Å². The number of hydrogen-bond acceptors (Lipinski definition) is 5. The van der Waals surface area contributed by atoms with E-state index in [2.05, 4.69) is 17.0 Å². The van der Waals surface area contributed by atoms with Crippen molar-refractivity contribution in [1.29, 1.82) is 0 Å². The van der Waals surface area contributed by atoms with Gasteiger partial charge >= 0.3 is 0 Å². The van der Waals surface area contributed by atoms with E-state index in [-0.39, 0.29) is 24.1 Å². The average molecular weight is 443 g/mol. The Balaban J connectivity index is 1.43. The molecule has 7 heteroatoms. The van der Waals surface area contributed by atoms with Crippen molar-refractivity contribution in [1.82, 2.24) is 9.21 Å². The molecule has 3 aliphatic rings. The van der Waals surface area contributed by atoms with Gasteiger partial charge in [-0.05, 0) is 36.5 Å². The van der Waals surface area contributed by atoms with Gasteiger partial charge in [-0.3, -0.25) is 4.90 Å². The molecule has 6 nitrogen and oxygen atoms in total. The number of aliphatic hydroxyl groups excluding tert-OH is 1. The van der Waals surface area contributed by atoms with Gasteiger partial charge in [0.2, 0.25) is 10.0 Å². The van der Waals surface area contributed by atoms with Gasteiger partial charge < -0.3 is 9.84 Å². The molecule has 0 aromatic heterocycles. The highest BCUT2D eigenvalue weighted by atomic mass is 32.2. The normalized spacial score (nSPS) is 27.0. The highest BCUT2D eigenvalue weighted by Crippen LogP contribution is 2.55. The highest BCUT2D eigenvalue weighted by molar-refractivity contribution is 7.89. The molecule has 31 heavy (non-hydrogen) atoms. The number of likely N-dealkylation sites (tertiary alicyclic amines) is 1. The van der Waals surface area contributed by atoms with E-state index in [9.17, 15) is 13.5 Å². The molecule has 3 fully saturated rings. The summed E-state index contributed by atoms with van der Waals surface area (Å²) in [6.45, 7) is 3.46. The number of benzene rings is 2. The number of hydrogen-bond donors (Lipinski definition) is 1. The molecule has 3 aliphatic heterocycles. The van der Waals surface area contributed by atoms with E-state index < -0.39 is 10.0 Å². The second-order valence-electron chi connectivity index (χ2n) is 9.04. The summed E-state index contributed by atoms with van der Waals surface area (Å²) in [5, 5.41) is 10.3. The van der Waals surface area contributed by atoms with Crippen molar-refractivity contribution in [2.75, 3.05) is 39.5 Å². The van der Waals surface area contributed by atoms with Gasteiger partial charge in [0.05, 0.1) is 17.0 Å². The van der Waals surface area contributed by atoms with E-state index in [0.29, 0.717) is 23.9 Å². The summed E-state index contributed by atoms with van der Waals surface area (Å²) < 4.78 is 33.5. The van der Waals surface area contributed by atoms with E-state index in [4.69, 9.17) is 4.74 Å². The Morgan fingerprint density at radius 2 is 1.58 bits per heavy atom. The zero-order valence-corrected chi connectivity index (χ0v) is 18.5. The van der Waals surface area contributed by atoms with Crippen LogP contribution in [0, 0.1) is 5.92 Å². The maximum atomic E-state index is 13.2. The molecule has 1 N–H and O–H groups in total. The van der Waals surface area contributed by atoms with Crippen LogP contribution >= 0.6 is 0 Å². The van der Waals surface area contributed by atoms with Gasteiger partial charge in [0.15, 0.2) is 0 Å². The summed E-state index contributed by atoms with van der Waals surface area (Å²) >= 11 is 0. The van der Waals surface area contributed by atoms with Gasteiger partial charge in [-0.2, -0.15) is 4.31 Å². The molecule has 0 amide bonds. The molecule has 3 heterocycles. The summed E-state index contributed by atoms with van der Waals surface area (Å²) in [7, 11) is -3.51. The van der Waals surface area contributed by atoms with Crippen LogP contribution in [0.15, 0.2) is 65.6 Å². The van der Waals surface area contributed by atoms with Crippen LogP contribution in [0.4, 0.5) is 0 Å². The molecule has 2 aromatic rings. The topological polar surface area (TPSA) is 70.1 Å². The Morgan fingerprint density at radius 1 is 0.968 bits per heavy atom. The van der Waals surface area contributed by atoms with Crippen molar-refractivity contribution < 1.29 is 18.3 Å². The third kappa shape index (κ3) is 3.52. The quantitative estimate of drug-likeness (QED) is 0.744. The molecule has 2 aromatic carbocycles. The summed E-state index contributed by atoms with van der Waals surface area (Å²) in [5.74, 6) is 0.650. The lowest BCUT2D eigenvalue weighted by Gasteiger charge is -2.71. The van der Waals surface area contributed by atoms with Crippen LogP contribution in [0.25, 0.3) is 0 Å². The van der Waals surface area contributed by atoms with Crippen LogP contribution < -0.4 is 0 Å². The maximum absolute atomic E-state index is 13.2. The lowest BCUT2D eigenvalue weighted by molar-refractivity contribution is -0.178. The van der Waals surface area contributed by atoms with Crippen molar-refractivity contribution >= 4 is 10.0 Å². The monoisotopic (exact) mass is 442 g/mol. The number of nitrogens with zero attached hydrogens (tertiary/aromatic N) is 2. The number of aliphatic hydroxyl groups is 1. The molecular formula is C24H30N2O4S. The molecule has 3 saturated heterocycles. The Kier molecular flexibility index (Phi) is 5.65. The third-order valence-electron chi connectivity index (χ3n) is 7.36. The van der Waals surface area contributed by atoms with Crippen molar-refractivity contribution in [3.63, 3.8) is 0 Å². The van der Waals surface area contributed by atoms with Crippen LogP contribution in [0.5, 0.6) is 0 Å². The molecule has 0 bridgehead atoms. The molecule has 0 saturated carbocycles. The number of sulfonamides is 1. The molecule has 1 spiro atoms. The standard InChI is InChI=1S/C24H30N2O4S/c27-16-22-23(20-7-3-1-4-8-20)24(26(22)15-19-11-13-30-14-12-19)17-25(18-24)31(28,29)21-9-5-2-6-10-21/h1-10,19,22-23,27H,11-18H2/t22-,23+/m0/s1. The fraction of sp³-hybridized carbons (Fsp3) is 0.500. The molecular weight excluding hydrogens is 412 g/mol. The summed E-state index contributed by atoms with van der Waals surface area (Å²) in [5.41, 5.74) is 0.927. The average Bonchev–Trinajstić information content (AvgIpc) is 2.77. The Hall–Kier alpha value is -1.77. The third-order valence-corrected chi connectivity index (χ3v) is 9.16. The van der Waals surface area contributed by atoms with E-state index in [1.807, 2.05) is 24.3 Å². The number of ether oxygens (including phenoxy) is 1. The number of rotatable bonds is 6. The molecule has 0 radical (unpaired) electrons. The van der Waals surface area contributed by atoms with Crippen LogP contribution in [-0.4, -0.2) is 73.8 Å². The predicted octanol–water partition coefficient (Wildman–Crippen LogP) is 2.32. The summed E-state index contributed by atoms with van der Waals surface area (Å²) in [6.07, 6.45) is 2.04. The molecule has 0 aliphatic carbocycles. The lowest BCUT2D eigenvalue weighted by atomic mass is 9.61. The minimum atomic E-state index is -3.51. The van der Waals surface area contributed by atoms with Gasteiger partial charge in [0, 0.05) is 44.8 Å². The highest BCUT2D eigenvalue weighted by Gasteiger charge is 2.67. The Morgan fingerprint density at radius 3 is 2.19 bits per heavy atom. The van der Waals surface area contributed by atoms with Crippen LogP contribution in [0.2, 0.25) is 0 Å². The van der Waals surface area contributed by atoms with Crippen LogP contribution in [0.1, 0.15) is 24.3 Å². The minimum Gasteiger partial charge on any atom is -0.395 e. The molecule has 5 rings (SSSR count). The summed E-state index contributed by atoms with van der Waals surface area (Å²) in [6, 6.07) is 18.9. The summed E-state index contributed by atoms with van der Waals surface area (Å²) in [4.78, 5) is 2.74. The van der Waals surface area contributed by atoms with Gasteiger partial charge in [-0.25, -0.2) is 8.42 Å². The van der Waals surface area contributed by atoms with Crippen molar-refractivity contribution in [3.8, 4) is 0 Å². The van der Waals surface area contributed by atoms with E-state index in [0.717, 1.165) is 32.6 Å². The van der Waals surface area contributed by atoms with Crippen LogP contribution in [0.3, 0.4) is 0 Å². The van der Waals surface area contributed by atoms with Gasteiger partial charge in [-0.1, -0.05) is 48.5 Å². The van der Waals surface area contributed by atoms with Gasteiger partial charge in [0.1, 0.15) is 0 Å². The first kappa shape index (κ1) is 21.1. The second kappa shape index (κ2) is 8.30. The maximum Gasteiger partial charge on any atom is 0.243 e. The van der Waals surface area contributed by atoms with Crippen LogP contribution in [-0.2, 0) is 14.8 Å². The fourth-order valence-corrected chi connectivity index (χ4v) is 7.33. The predicted molar refractivity (Wildman–Crippen MR) is 118 cm³/mol. The zero-order valence-electron chi connectivity index (χ0n) is 17.6. The molecule has 2 atom stereocenters. The second-order valence-corrected chi connectivity index (χ2v) is 11.0. The smallest absolute Gasteiger partial charge is 0.243 e. The molecule has 0 unspecified atom stereocenters. The zero-order chi connectivity index (χ0) is 21.5. The Labute approximate surface area is 184 Å². The first-order valence-corrected chi connectivity index (χ1v) is 12.6. The lowest BCUT2D eigenvalue weighted by Crippen LogP contribution is -2.85. The van der Waals surface area contributed by atoms with E-state index in [1.54, 1.807) is 28.6 Å². The molecule has 166 valence electrons. The van der Waals surface area contributed by atoms with Crippen molar-refractivity contribution in [3.05, 3.63) is 66.2 Å². The Bertz CT molecular complexity index is 987. The van der Waals surface area contributed by atoms with Crippen molar-refractivity contribution in [2.45, 2.75) is 35.2 Å². The SMILES string of the molecule is O=S(=O)(c1ccccc1)N1CC2(C1)[C@H](c1ccccc1)[C@H](CO)N2CC1CCOCC1. The first-order chi connectivity index (χ1) is 15.1. The fourth-order valence-electron chi connectivity index (χ4n) is 5.74. The van der Waals surface area contributed by atoms with E-state index >= 15 is 0 Å².